The molecule has 4 rings (SSSR count). The molecule has 0 atom stereocenters. The Morgan fingerprint density at radius 1 is 0.875 bits per heavy atom. The van der Waals surface area contributed by atoms with Gasteiger partial charge in [-0.25, -0.2) is 0 Å². The van der Waals surface area contributed by atoms with Gasteiger partial charge in [0.15, 0.2) is 6.61 Å². The second-order valence-electron chi connectivity index (χ2n) is 7.32. The minimum Gasteiger partial charge on any atom is -0.483 e. The number of amides is 3. The maximum atomic E-state index is 12.7. The number of benzene rings is 3. The summed E-state index contributed by atoms with van der Waals surface area (Å²) in [6.45, 7) is 0.351. The number of hydrogen-bond donors (Lipinski definition) is 2. The quantitative estimate of drug-likeness (QED) is 0.592. The minimum atomic E-state index is -0.387. The van der Waals surface area contributed by atoms with E-state index >= 15 is 0 Å². The Labute approximate surface area is 186 Å². The van der Waals surface area contributed by atoms with Crippen LogP contribution in [0.25, 0.3) is 0 Å². The van der Waals surface area contributed by atoms with Gasteiger partial charge in [0.2, 0.25) is 5.91 Å². The van der Waals surface area contributed by atoms with Crippen molar-refractivity contribution in [3.63, 3.8) is 0 Å². The van der Waals surface area contributed by atoms with Gasteiger partial charge in [-0.3, -0.25) is 14.4 Å². The van der Waals surface area contributed by atoms with Crippen molar-refractivity contribution in [1.82, 2.24) is 0 Å². The lowest BCUT2D eigenvalue weighted by Crippen LogP contribution is -2.27. The maximum Gasteiger partial charge on any atom is 0.262 e. The van der Waals surface area contributed by atoms with E-state index in [2.05, 4.69) is 10.6 Å². The van der Waals surface area contributed by atoms with Crippen molar-refractivity contribution in [1.29, 1.82) is 0 Å². The molecule has 0 radical (unpaired) electrons. The topological polar surface area (TPSA) is 87.7 Å². The molecule has 7 heteroatoms. The fourth-order valence-corrected chi connectivity index (χ4v) is 3.55. The number of hydrogen-bond acceptors (Lipinski definition) is 4. The van der Waals surface area contributed by atoms with Crippen LogP contribution >= 0.6 is 0 Å². The Morgan fingerprint density at radius 2 is 1.59 bits per heavy atom. The number of carbonyl (C=O) groups excluding carboxylic acids is 3. The summed E-state index contributed by atoms with van der Waals surface area (Å²) in [5.74, 6) is -0.368. The molecule has 1 heterocycles. The summed E-state index contributed by atoms with van der Waals surface area (Å²) in [6.07, 6.45) is 1.30. The summed E-state index contributed by atoms with van der Waals surface area (Å²) in [5.41, 5.74) is 2.21. The Hall–Kier alpha value is -4.13. The highest BCUT2D eigenvalue weighted by Gasteiger charge is 2.24. The van der Waals surface area contributed by atoms with Crippen LogP contribution in [0.5, 0.6) is 5.75 Å². The van der Waals surface area contributed by atoms with Crippen molar-refractivity contribution in [3.05, 3.63) is 84.4 Å². The second-order valence-corrected chi connectivity index (χ2v) is 7.32. The first-order valence-electron chi connectivity index (χ1n) is 10.4. The summed E-state index contributed by atoms with van der Waals surface area (Å²) >= 11 is 0. The number of nitrogens with zero attached hydrogens (tertiary/aromatic N) is 1. The van der Waals surface area contributed by atoms with Crippen molar-refractivity contribution >= 4 is 34.8 Å². The first-order valence-corrected chi connectivity index (χ1v) is 10.4. The molecule has 0 bridgehead atoms. The van der Waals surface area contributed by atoms with E-state index in [0.29, 0.717) is 41.3 Å². The molecule has 0 aromatic heterocycles. The third-order valence-electron chi connectivity index (χ3n) is 5.06. The average Bonchev–Trinajstić information content (AvgIpc) is 3.24. The van der Waals surface area contributed by atoms with E-state index in [9.17, 15) is 14.4 Å². The molecule has 2 N–H and O–H groups in total. The summed E-state index contributed by atoms with van der Waals surface area (Å²) in [4.78, 5) is 39.0. The Morgan fingerprint density at radius 3 is 2.38 bits per heavy atom. The van der Waals surface area contributed by atoms with Crippen LogP contribution < -0.4 is 20.3 Å². The normalized spacial score (nSPS) is 13.0. The molecule has 32 heavy (non-hydrogen) atoms. The maximum absolute atomic E-state index is 12.7. The fourth-order valence-electron chi connectivity index (χ4n) is 3.55. The Balaban J connectivity index is 1.41. The second kappa shape index (κ2) is 9.78. The van der Waals surface area contributed by atoms with Crippen molar-refractivity contribution < 1.29 is 19.1 Å². The molecule has 0 unspecified atom stereocenters. The largest absolute Gasteiger partial charge is 0.483 e. The van der Waals surface area contributed by atoms with Gasteiger partial charge in [0, 0.05) is 18.7 Å². The van der Waals surface area contributed by atoms with Crippen LogP contribution in [0.3, 0.4) is 0 Å². The van der Waals surface area contributed by atoms with Gasteiger partial charge < -0.3 is 20.3 Å². The van der Waals surface area contributed by atoms with Gasteiger partial charge in [-0.2, -0.15) is 0 Å². The van der Waals surface area contributed by atoms with Gasteiger partial charge in [0.25, 0.3) is 11.8 Å². The SMILES string of the molecule is O=C(COc1ccccc1C(=O)Nc1ccccc1)Nc1ccccc1N1CCCC1=O. The molecule has 1 fully saturated rings. The number of carbonyl (C=O) groups is 3. The van der Waals surface area contributed by atoms with E-state index in [0.717, 1.165) is 6.42 Å². The van der Waals surface area contributed by atoms with Crippen LogP contribution in [-0.2, 0) is 9.59 Å². The van der Waals surface area contributed by atoms with Gasteiger partial charge >= 0.3 is 0 Å². The molecule has 0 saturated carbocycles. The highest BCUT2D eigenvalue weighted by atomic mass is 16.5. The lowest BCUT2D eigenvalue weighted by atomic mass is 10.2. The summed E-state index contributed by atoms with van der Waals surface area (Å²) in [6, 6.07) is 23.0. The zero-order valence-corrected chi connectivity index (χ0v) is 17.4. The van der Waals surface area contributed by atoms with Gasteiger partial charge in [-0.05, 0) is 42.8 Å². The molecular weight excluding hydrogens is 406 g/mol. The molecule has 3 aromatic carbocycles. The standard InChI is InChI=1S/C25H23N3O4/c29-23(27-20-12-5-6-13-21(20)28-16-8-15-24(28)30)17-32-22-14-7-4-11-19(22)25(31)26-18-9-2-1-3-10-18/h1-7,9-14H,8,15-17H2,(H,26,31)(H,27,29). The Kier molecular flexibility index (Phi) is 6.46. The van der Waals surface area contributed by atoms with E-state index in [1.54, 1.807) is 53.4 Å². The highest BCUT2D eigenvalue weighted by Crippen LogP contribution is 2.29. The van der Waals surface area contributed by atoms with E-state index in [1.165, 1.54) is 0 Å². The minimum absolute atomic E-state index is 0.0429. The first-order chi connectivity index (χ1) is 15.6. The number of nitrogens with one attached hydrogen (secondary N) is 2. The van der Waals surface area contributed by atoms with Gasteiger partial charge in [-0.15, -0.1) is 0 Å². The monoisotopic (exact) mass is 429 g/mol. The fraction of sp³-hybridized carbons (Fsp3) is 0.160. The van der Waals surface area contributed by atoms with E-state index in [-0.39, 0.29) is 24.3 Å². The van der Waals surface area contributed by atoms with E-state index in [4.69, 9.17) is 4.74 Å². The molecule has 0 aliphatic carbocycles. The summed E-state index contributed by atoms with van der Waals surface area (Å²) in [7, 11) is 0. The predicted octanol–water partition coefficient (Wildman–Crippen LogP) is 4.08. The molecule has 0 spiro atoms. The summed E-state index contributed by atoms with van der Waals surface area (Å²) < 4.78 is 5.66. The number of para-hydroxylation sites is 4. The number of ether oxygens (including phenoxy) is 1. The van der Waals surface area contributed by atoms with Gasteiger partial charge in [0.05, 0.1) is 16.9 Å². The number of anilines is 3. The smallest absolute Gasteiger partial charge is 0.262 e. The lowest BCUT2D eigenvalue weighted by molar-refractivity contribution is -0.118. The summed E-state index contributed by atoms with van der Waals surface area (Å²) in [5, 5.41) is 5.62. The van der Waals surface area contributed by atoms with Crippen LogP contribution in [0, 0.1) is 0 Å². The van der Waals surface area contributed by atoms with E-state index in [1.807, 2.05) is 30.3 Å². The zero-order valence-electron chi connectivity index (χ0n) is 17.4. The molecule has 1 saturated heterocycles. The van der Waals surface area contributed by atoms with Crippen molar-refractivity contribution in [2.45, 2.75) is 12.8 Å². The van der Waals surface area contributed by atoms with Crippen LogP contribution in [-0.4, -0.2) is 30.9 Å². The molecule has 1 aliphatic heterocycles. The average molecular weight is 429 g/mol. The highest BCUT2D eigenvalue weighted by molar-refractivity contribution is 6.06. The van der Waals surface area contributed by atoms with Crippen LogP contribution in [0.2, 0.25) is 0 Å². The zero-order chi connectivity index (χ0) is 22.3. The Bertz CT molecular complexity index is 1130. The van der Waals surface area contributed by atoms with E-state index < -0.39 is 0 Å². The van der Waals surface area contributed by atoms with Crippen molar-refractivity contribution in [2.24, 2.45) is 0 Å². The predicted molar refractivity (Wildman–Crippen MR) is 123 cm³/mol. The number of rotatable bonds is 7. The van der Waals surface area contributed by atoms with Crippen molar-refractivity contribution in [2.75, 3.05) is 28.7 Å². The molecule has 1 aliphatic rings. The third kappa shape index (κ3) is 4.95. The van der Waals surface area contributed by atoms with Crippen LogP contribution in [0.1, 0.15) is 23.2 Å². The molecular formula is C25H23N3O4. The molecule has 7 nitrogen and oxygen atoms in total. The third-order valence-corrected chi connectivity index (χ3v) is 5.06. The first kappa shape index (κ1) is 21.1. The van der Waals surface area contributed by atoms with Crippen molar-refractivity contribution in [3.8, 4) is 5.75 Å². The van der Waals surface area contributed by atoms with Gasteiger partial charge in [-0.1, -0.05) is 42.5 Å². The van der Waals surface area contributed by atoms with Gasteiger partial charge in [0.1, 0.15) is 5.75 Å². The molecule has 162 valence electrons. The lowest BCUT2D eigenvalue weighted by Gasteiger charge is -2.20. The molecule has 3 amide bonds. The van der Waals surface area contributed by atoms with Crippen LogP contribution in [0.4, 0.5) is 17.1 Å². The van der Waals surface area contributed by atoms with Crippen LogP contribution in [0.15, 0.2) is 78.9 Å². The molecule has 3 aromatic rings.